The lowest BCUT2D eigenvalue weighted by atomic mass is 9.57. The molecule has 3 N–H and O–H groups in total. The molecule has 0 aliphatic carbocycles. The van der Waals surface area contributed by atoms with Gasteiger partial charge in [0.1, 0.15) is 5.82 Å². The Morgan fingerprint density at radius 3 is 2.75 bits per heavy atom. The van der Waals surface area contributed by atoms with Crippen LogP contribution in [0.2, 0.25) is 0 Å². The number of hydrogen-bond donors (Lipinski definition) is 3. The number of aromatic nitrogens is 5. The number of fused-ring (bicyclic) bond motifs is 1. The lowest BCUT2D eigenvalue weighted by Gasteiger charge is -2.74. The predicted molar refractivity (Wildman–Crippen MR) is 155 cm³/mol. The highest BCUT2D eigenvalue weighted by Crippen LogP contribution is 2.58. The van der Waals surface area contributed by atoms with E-state index in [1.807, 2.05) is 25.3 Å². The van der Waals surface area contributed by atoms with E-state index >= 15 is 0 Å². The molecule has 1 unspecified atom stereocenters. The molecule has 3 saturated heterocycles. The number of aromatic amines is 1. The van der Waals surface area contributed by atoms with E-state index in [2.05, 4.69) is 73.0 Å². The van der Waals surface area contributed by atoms with Crippen molar-refractivity contribution < 1.29 is 0 Å². The number of hydrogen-bond acceptors (Lipinski definition) is 9. The Bertz CT molecular complexity index is 1560. The summed E-state index contributed by atoms with van der Waals surface area (Å²) in [5.41, 5.74) is 4.40. The van der Waals surface area contributed by atoms with Gasteiger partial charge in [0, 0.05) is 78.9 Å². The Balaban J connectivity index is 1.14. The number of benzene rings is 1. The van der Waals surface area contributed by atoms with Crippen molar-refractivity contribution in [2.45, 2.75) is 75.7 Å². The van der Waals surface area contributed by atoms with Crippen LogP contribution in [0.3, 0.4) is 0 Å². The van der Waals surface area contributed by atoms with E-state index in [9.17, 15) is 0 Å². The van der Waals surface area contributed by atoms with E-state index in [1.165, 1.54) is 12.8 Å². The van der Waals surface area contributed by atoms with Crippen LogP contribution in [0.1, 0.15) is 49.8 Å². The zero-order valence-electron chi connectivity index (χ0n) is 22.9. The van der Waals surface area contributed by atoms with Crippen LogP contribution in [0, 0.1) is 18.3 Å². The zero-order chi connectivity index (χ0) is 27.3. The molecule has 4 atom stereocenters. The molecular formula is C30H34N10. The molecule has 3 fully saturated rings. The van der Waals surface area contributed by atoms with Crippen LogP contribution in [-0.4, -0.2) is 60.8 Å². The summed E-state index contributed by atoms with van der Waals surface area (Å²) in [6.07, 6.45) is 9.96. The molecule has 3 aliphatic rings. The number of H-pyrrole nitrogens is 1. The van der Waals surface area contributed by atoms with Crippen molar-refractivity contribution in [2.75, 3.05) is 22.6 Å². The van der Waals surface area contributed by atoms with E-state index < -0.39 is 0 Å². The van der Waals surface area contributed by atoms with Crippen molar-refractivity contribution in [3.63, 3.8) is 0 Å². The Kier molecular flexibility index (Phi) is 6.04. The summed E-state index contributed by atoms with van der Waals surface area (Å²) in [4.78, 5) is 19.1. The molecule has 0 radical (unpaired) electrons. The van der Waals surface area contributed by atoms with Gasteiger partial charge in [-0.2, -0.15) is 15.3 Å². The number of anilines is 4. The third-order valence-electron chi connectivity index (χ3n) is 8.93. The minimum Gasteiger partial charge on any atom is -0.370 e. The molecule has 0 spiro atoms. The van der Waals surface area contributed by atoms with Crippen molar-refractivity contribution in [1.29, 1.82) is 5.26 Å². The molecule has 4 aromatic rings. The maximum Gasteiger partial charge on any atom is 0.225 e. The topological polar surface area (TPSA) is 122 Å². The maximum atomic E-state index is 9.07. The Hall–Kier alpha value is -4.23. The SMILES string of the molecule is Cc1cc(Nc2nc(N[C@H]3C[C@@H]4CC5(CCC#N)C[C@H](C3)N45)nc3cc(N(C)Cc4cccnc4)ccc23)n[nH]1. The number of piperidine rings is 2. The summed E-state index contributed by atoms with van der Waals surface area (Å²) < 4.78 is 0. The minimum absolute atomic E-state index is 0.312. The van der Waals surface area contributed by atoms with Gasteiger partial charge in [-0.3, -0.25) is 15.0 Å². The standard InChI is InChI=1S/C30H34N10/c1-19-11-27(38-37-19)35-28-25-7-6-22(39(2)18-20-5-3-10-32-17-20)14-26(25)34-29(36-28)33-21-12-23-15-30(8-4-9-31)16-24(13-21)40(23)30/h3,5-7,10-11,14,17,21,23-24H,4,8,12-13,15-16,18H2,1-2H3,(H3,33,34,35,36,37,38)/t21-,23+,24-,30?. The number of rotatable bonds is 9. The van der Waals surface area contributed by atoms with E-state index in [-0.39, 0.29) is 0 Å². The van der Waals surface area contributed by atoms with Gasteiger partial charge in [0.15, 0.2) is 5.82 Å². The van der Waals surface area contributed by atoms with Crippen molar-refractivity contribution in [2.24, 2.45) is 0 Å². The quantitative estimate of drug-likeness (QED) is 0.275. The Labute approximate surface area is 233 Å². The first-order chi connectivity index (χ1) is 19.5. The Morgan fingerprint density at radius 2 is 2.02 bits per heavy atom. The van der Waals surface area contributed by atoms with Gasteiger partial charge < -0.3 is 15.5 Å². The first-order valence-corrected chi connectivity index (χ1v) is 14.1. The average Bonchev–Trinajstić information content (AvgIpc) is 3.34. The van der Waals surface area contributed by atoms with Crippen LogP contribution >= 0.6 is 0 Å². The molecule has 7 rings (SSSR count). The lowest BCUT2D eigenvalue weighted by Crippen LogP contribution is -2.81. The predicted octanol–water partition coefficient (Wildman–Crippen LogP) is 4.90. The van der Waals surface area contributed by atoms with Crippen LogP contribution in [0.5, 0.6) is 0 Å². The lowest BCUT2D eigenvalue weighted by molar-refractivity contribution is -0.222. The number of nitrogens with zero attached hydrogens (tertiary/aromatic N) is 7. The van der Waals surface area contributed by atoms with Gasteiger partial charge in [0.25, 0.3) is 0 Å². The molecule has 6 heterocycles. The second-order valence-corrected chi connectivity index (χ2v) is 11.7. The molecule has 0 amide bonds. The fourth-order valence-corrected chi connectivity index (χ4v) is 7.26. The van der Waals surface area contributed by atoms with Crippen molar-refractivity contribution in [1.82, 2.24) is 30.0 Å². The van der Waals surface area contributed by atoms with Crippen molar-refractivity contribution in [3.8, 4) is 6.07 Å². The normalized spacial score (nSPS) is 24.9. The number of nitrogens with one attached hydrogen (secondary N) is 3. The highest BCUT2D eigenvalue weighted by Gasteiger charge is 2.64. The number of nitriles is 1. The molecule has 10 nitrogen and oxygen atoms in total. The largest absolute Gasteiger partial charge is 0.370 e. The van der Waals surface area contributed by atoms with Gasteiger partial charge in [0.05, 0.1) is 11.6 Å². The van der Waals surface area contributed by atoms with Crippen LogP contribution in [0.25, 0.3) is 10.9 Å². The van der Waals surface area contributed by atoms with E-state index in [1.54, 1.807) is 6.20 Å². The molecule has 0 bridgehead atoms. The minimum atomic E-state index is 0.312. The first-order valence-electron chi connectivity index (χ1n) is 14.1. The van der Waals surface area contributed by atoms with Gasteiger partial charge >= 0.3 is 0 Å². The average molecular weight is 535 g/mol. The van der Waals surface area contributed by atoms with Crippen LogP contribution in [0.4, 0.5) is 23.3 Å². The van der Waals surface area contributed by atoms with E-state index in [4.69, 9.17) is 15.2 Å². The van der Waals surface area contributed by atoms with Gasteiger partial charge in [-0.05, 0) is 68.9 Å². The smallest absolute Gasteiger partial charge is 0.225 e. The molecule has 10 heteroatoms. The number of pyridine rings is 1. The van der Waals surface area contributed by atoms with Crippen LogP contribution < -0.4 is 15.5 Å². The molecular weight excluding hydrogens is 500 g/mol. The highest BCUT2D eigenvalue weighted by atomic mass is 15.4. The van der Waals surface area contributed by atoms with E-state index in [0.29, 0.717) is 36.0 Å². The molecule has 3 aromatic heterocycles. The summed E-state index contributed by atoms with van der Waals surface area (Å²) >= 11 is 0. The van der Waals surface area contributed by atoms with Crippen molar-refractivity contribution in [3.05, 3.63) is 60.0 Å². The summed E-state index contributed by atoms with van der Waals surface area (Å²) in [5.74, 6) is 2.11. The fraction of sp³-hybridized carbons (Fsp3) is 0.433. The molecule has 0 saturated carbocycles. The summed E-state index contributed by atoms with van der Waals surface area (Å²) in [6, 6.07) is 16.2. The zero-order valence-corrected chi connectivity index (χ0v) is 22.9. The molecule has 1 aromatic carbocycles. The first kappa shape index (κ1) is 24.8. The molecule has 204 valence electrons. The second-order valence-electron chi connectivity index (χ2n) is 11.7. The monoisotopic (exact) mass is 534 g/mol. The van der Waals surface area contributed by atoms with Crippen LogP contribution in [0.15, 0.2) is 48.8 Å². The number of aryl methyl sites for hydroxylation is 1. The molecule has 3 aliphatic heterocycles. The van der Waals surface area contributed by atoms with E-state index in [0.717, 1.165) is 65.3 Å². The highest BCUT2D eigenvalue weighted by molar-refractivity contribution is 5.93. The summed E-state index contributed by atoms with van der Waals surface area (Å²) in [5, 5.41) is 24.5. The van der Waals surface area contributed by atoms with Gasteiger partial charge in [-0.25, -0.2) is 4.98 Å². The van der Waals surface area contributed by atoms with Crippen LogP contribution in [-0.2, 0) is 6.54 Å². The fourth-order valence-electron chi connectivity index (χ4n) is 7.26. The van der Waals surface area contributed by atoms with Gasteiger partial charge in [-0.1, -0.05) is 6.07 Å². The second kappa shape index (κ2) is 9.75. The molecule has 40 heavy (non-hydrogen) atoms. The maximum absolute atomic E-state index is 9.07. The van der Waals surface area contributed by atoms with Gasteiger partial charge in [0.2, 0.25) is 5.95 Å². The third-order valence-corrected chi connectivity index (χ3v) is 8.93. The Morgan fingerprint density at radius 1 is 1.18 bits per heavy atom. The van der Waals surface area contributed by atoms with Crippen molar-refractivity contribution >= 4 is 34.2 Å². The third kappa shape index (κ3) is 4.40. The van der Waals surface area contributed by atoms with Gasteiger partial charge in [-0.15, -0.1) is 0 Å². The summed E-state index contributed by atoms with van der Waals surface area (Å²) in [7, 11) is 2.09. The summed E-state index contributed by atoms with van der Waals surface area (Å²) in [6.45, 7) is 2.74.